The van der Waals surface area contributed by atoms with Gasteiger partial charge >= 0.3 is 0 Å². The standard InChI is InChI=1S/C12H20BrN3O/c1-10-4-6-15-12(11(10)13)16(7-3-5-14)8-9-17-2/h4,6H,3,5,7-9,14H2,1-2H3. The van der Waals surface area contributed by atoms with Crippen LogP contribution in [0.4, 0.5) is 5.82 Å². The first kappa shape index (κ1) is 14.4. The highest BCUT2D eigenvalue weighted by molar-refractivity contribution is 9.10. The summed E-state index contributed by atoms with van der Waals surface area (Å²) >= 11 is 3.59. The topological polar surface area (TPSA) is 51.4 Å². The maximum absolute atomic E-state index is 5.56. The van der Waals surface area contributed by atoms with E-state index >= 15 is 0 Å². The number of hydrogen-bond acceptors (Lipinski definition) is 4. The van der Waals surface area contributed by atoms with Crippen molar-refractivity contribution in [2.24, 2.45) is 5.73 Å². The molecule has 1 aromatic heterocycles. The number of aromatic nitrogens is 1. The van der Waals surface area contributed by atoms with Crippen LogP contribution in [0.25, 0.3) is 0 Å². The van der Waals surface area contributed by atoms with Gasteiger partial charge in [0.25, 0.3) is 0 Å². The molecule has 0 aliphatic carbocycles. The van der Waals surface area contributed by atoms with Gasteiger partial charge in [0.1, 0.15) is 5.82 Å². The van der Waals surface area contributed by atoms with Crippen molar-refractivity contribution < 1.29 is 4.74 Å². The Morgan fingerprint density at radius 2 is 2.24 bits per heavy atom. The first-order valence-electron chi connectivity index (χ1n) is 5.75. The highest BCUT2D eigenvalue weighted by Crippen LogP contribution is 2.26. The van der Waals surface area contributed by atoms with Crippen molar-refractivity contribution >= 4 is 21.7 Å². The Hall–Kier alpha value is -0.650. The Morgan fingerprint density at radius 1 is 1.47 bits per heavy atom. The largest absolute Gasteiger partial charge is 0.383 e. The molecular formula is C12H20BrN3O. The molecule has 4 nitrogen and oxygen atoms in total. The van der Waals surface area contributed by atoms with Crippen LogP contribution >= 0.6 is 15.9 Å². The van der Waals surface area contributed by atoms with E-state index in [1.54, 1.807) is 7.11 Å². The van der Waals surface area contributed by atoms with Gasteiger partial charge in [0.05, 0.1) is 11.1 Å². The summed E-state index contributed by atoms with van der Waals surface area (Å²) in [4.78, 5) is 6.63. The van der Waals surface area contributed by atoms with E-state index in [9.17, 15) is 0 Å². The van der Waals surface area contributed by atoms with E-state index in [1.807, 2.05) is 12.3 Å². The van der Waals surface area contributed by atoms with Gasteiger partial charge in [0.15, 0.2) is 0 Å². The van der Waals surface area contributed by atoms with Gasteiger partial charge in [-0.25, -0.2) is 4.98 Å². The monoisotopic (exact) mass is 301 g/mol. The van der Waals surface area contributed by atoms with Crippen LogP contribution in [0.2, 0.25) is 0 Å². The number of halogens is 1. The van der Waals surface area contributed by atoms with Crippen molar-refractivity contribution in [1.82, 2.24) is 4.98 Å². The Kier molecular flexibility index (Phi) is 6.47. The molecule has 96 valence electrons. The number of rotatable bonds is 7. The number of anilines is 1. The highest BCUT2D eigenvalue weighted by Gasteiger charge is 2.12. The summed E-state index contributed by atoms with van der Waals surface area (Å²) in [5.74, 6) is 0.968. The number of nitrogens with zero attached hydrogens (tertiary/aromatic N) is 2. The van der Waals surface area contributed by atoms with Crippen molar-refractivity contribution in [2.45, 2.75) is 13.3 Å². The van der Waals surface area contributed by atoms with Crippen LogP contribution in [-0.4, -0.2) is 38.3 Å². The lowest BCUT2D eigenvalue weighted by molar-refractivity contribution is 0.205. The molecule has 0 aliphatic rings. The van der Waals surface area contributed by atoms with Crippen LogP contribution in [0, 0.1) is 6.92 Å². The zero-order valence-electron chi connectivity index (χ0n) is 10.4. The fraction of sp³-hybridized carbons (Fsp3) is 0.583. The summed E-state index contributed by atoms with van der Waals surface area (Å²) in [6, 6.07) is 1.99. The second-order valence-electron chi connectivity index (χ2n) is 3.89. The van der Waals surface area contributed by atoms with E-state index in [2.05, 4.69) is 32.7 Å². The van der Waals surface area contributed by atoms with Crippen LogP contribution in [-0.2, 0) is 4.74 Å². The average Bonchev–Trinajstić information content (AvgIpc) is 2.34. The minimum absolute atomic E-state index is 0.687. The minimum atomic E-state index is 0.687. The smallest absolute Gasteiger partial charge is 0.143 e. The Balaban J connectivity index is 2.83. The molecule has 0 unspecified atom stereocenters. The second-order valence-corrected chi connectivity index (χ2v) is 4.68. The molecule has 17 heavy (non-hydrogen) atoms. The van der Waals surface area contributed by atoms with Gasteiger partial charge in [-0.1, -0.05) is 0 Å². The molecule has 0 saturated carbocycles. The third kappa shape index (κ3) is 4.26. The lowest BCUT2D eigenvalue weighted by atomic mass is 10.2. The zero-order valence-corrected chi connectivity index (χ0v) is 12.0. The molecule has 2 N–H and O–H groups in total. The van der Waals surface area contributed by atoms with E-state index in [4.69, 9.17) is 10.5 Å². The van der Waals surface area contributed by atoms with Crippen LogP contribution in [0.3, 0.4) is 0 Å². The molecule has 0 aliphatic heterocycles. The Morgan fingerprint density at radius 3 is 2.88 bits per heavy atom. The molecule has 0 aromatic carbocycles. The average molecular weight is 302 g/mol. The molecule has 0 bridgehead atoms. The van der Waals surface area contributed by atoms with E-state index in [0.29, 0.717) is 13.2 Å². The number of pyridine rings is 1. The fourth-order valence-corrected chi connectivity index (χ4v) is 2.04. The van der Waals surface area contributed by atoms with Gasteiger partial charge < -0.3 is 15.4 Å². The maximum atomic E-state index is 5.56. The van der Waals surface area contributed by atoms with Crippen molar-refractivity contribution in [3.8, 4) is 0 Å². The first-order chi connectivity index (χ1) is 8.20. The van der Waals surface area contributed by atoms with Gasteiger partial charge in [0, 0.05) is 26.4 Å². The minimum Gasteiger partial charge on any atom is -0.383 e. The molecule has 1 aromatic rings. The molecule has 1 rings (SSSR count). The summed E-state index contributed by atoms with van der Waals surface area (Å²) in [5, 5.41) is 0. The van der Waals surface area contributed by atoms with Crippen LogP contribution < -0.4 is 10.6 Å². The Bertz CT molecular complexity index is 339. The summed E-state index contributed by atoms with van der Waals surface area (Å²) in [7, 11) is 1.71. The van der Waals surface area contributed by atoms with Gasteiger partial charge in [-0.15, -0.1) is 0 Å². The molecule has 0 spiro atoms. The summed E-state index contributed by atoms with van der Waals surface area (Å²) < 4.78 is 6.18. The van der Waals surface area contributed by atoms with E-state index in [0.717, 1.165) is 29.8 Å². The number of hydrogen-bond donors (Lipinski definition) is 1. The molecule has 0 saturated heterocycles. The molecule has 0 fully saturated rings. The number of methoxy groups -OCH3 is 1. The zero-order chi connectivity index (χ0) is 12.7. The highest BCUT2D eigenvalue weighted by atomic mass is 79.9. The van der Waals surface area contributed by atoms with Gasteiger partial charge in [-0.3, -0.25) is 0 Å². The van der Waals surface area contributed by atoms with Gasteiger partial charge in [-0.2, -0.15) is 0 Å². The molecule has 0 radical (unpaired) electrons. The van der Waals surface area contributed by atoms with E-state index in [-0.39, 0.29) is 0 Å². The second kappa shape index (κ2) is 7.63. The van der Waals surface area contributed by atoms with Crippen LogP contribution in [0.5, 0.6) is 0 Å². The third-order valence-electron chi connectivity index (χ3n) is 2.56. The lowest BCUT2D eigenvalue weighted by Crippen LogP contribution is -2.30. The van der Waals surface area contributed by atoms with Gasteiger partial charge in [0.2, 0.25) is 0 Å². The first-order valence-corrected chi connectivity index (χ1v) is 6.55. The van der Waals surface area contributed by atoms with Crippen LogP contribution in [0.15, 0.2) is 16.7 Å². The van der Waals surface area contributed by atoms with Crippen LogP contribution in [0.1, 0.15) is 12.0 Å². The predicted octanol–water partition coefficient (Wildman–Crippen LogP) is 1.95. The quantitative estimate of drug-likeness (QED) is 0.836. The Labute approximate surface area is 111 Å². The van der Waals surface area contributed by atoms with Crippen molar-refractivity contribution in [3.05, 3.63) is 22.3 Å². The maximum Gasteiger partial charge on any atom is 0.143 e. The summed E-state index contributed by atoms with van der Waals surface area (Å²) in [6.45, 7) is 5.16. The SMILES string of the molecule is COCCN(CCCN)c1nccc(C)c1Br. The summed E-state index contributed by atoms with van der Waals surface area (Å²) in [5.41, 5.74) is 6.75. The number of aryl methyl sites for hydroxylation is 1. The lowest BCUT2D eigenvalue weighted by Gasteiger charge is -2.24. The third-order valence-corrected chi connectivity index (χ3v) is 3.54. The summed E-state index contributed by atoms with van der Waals surface area (Å²) in [6.07, 6.45) is 2.78. The van der Waals surface area contributed by atoms with E-state index < -0.39 is 0 Å². The molecule has 0 amide bonds. The fourth-order valence-electron chi connectivity index (χ4n) is 1.55. The molecular weight excluding hydrogens is 282 g/mol. The van der Waals surface area contributed by atoms with Crippen molar-refractivity contribution in [3.63, 3.8) is 0 Å². The number of nitrogens with two attached hydrogens (primary N) is 1. The normalized spacial score (nSPS) is 10.6. The molecule has 0 atom stereocenters. The number of ether oxygens (including phenoxy) is 1. The van der Waals surface area contributed by atoms with E-state index in [1.165, 1.54) is 5.56 Å². The van der Waals surface area contributed by atoms with Crippen molar-refractivity contribution in [1.29, 1.82) is 0 Å². The molecule has 5 heteroatoms. The van der Waals surface area contributed by atoms with Crippen molar-refractivity contribution in [2.75, 3.05) is 38.3 Å². The predicted molar refractivity (Wildman–Crippen MR) is 74.4 cm³/mol. The molecule has 1 heterocycles. The van der Waals surface area contributed by atoms with Gasteiger partial charge in [-0.05, 0) is 47.4 Å².